The van der Waals surface area contributed by atoms with Gasteiger partial charge in [-0.05, 0) is 54.1 Å². The number of pyridine rings is 1. The summed E-state index contributed by atoms with van der Waals surface area (Å²) in [6, 6.07) is 20.5. The first-order chi connectivity index (χ1) is 17.4. The zero-order chi connectivity index (χ0) is 25.0. The summed E-state index contributed by atoms with van der Waals surface area (Å²) in [5.41, 5.74) is 3.94. The van der Waals surface area contributed by atoms with Crippen molar-refractivity contribution in [2.24, 2.45) is 0 Å². The van der Waals surface area contributed by atoms with Crippen LogP contribution in [-0.4, -0.2) is 64.0 Å². The molecule has 1 amide bonds. The average Bonchev–Trinajstić information content (AvgIpc) is 3.35. The second-order valence-corrected chi connectivity index (χ2v) is 11.1. The van der Waals surface area contributed by atoms with Gasteiger partial charge >= 0.3 is 0 Å². The van der Waals surface area contributed by atoms with Crippen LogP contribution < -0.4 is 5.32 Å². The number of aromatic nitrogens is 4. The first kappa shape index (κ1) is 23.8. The minimum atomic E-state index is -2.91. The number of aromatic amines is 1. The summed E-state index contributed by atoms with van der Waals surface area (Å²) < 4.78 is 23.3. The quantitative estimate of drug-likeness (QED) is 0.399. The maximum Gasteiger partial charge on any atom is 0.255 e. The van der Waals surface area contributed by atoms with Gasteiger partial charge in [-0.1, -0.05) is 18.2 Å². The summed E-state index contributed by atoms with van der Waals surface area (Å²) in [5.74, 6) is 1.47. The van der Waals surface area contributed by atoms with Crippen LogP contribution in [0, 0.1) is 0 Å². The van der Waals surface area contributed by atoms with Gasteiger partial charge in [0.2, 0.25) is 0 Å². The van der Waals surface area contributed by atoms with E-state index in [1.807, 2.05) is 60.7 Å². The SMILES string of the molecule is O=C(Nc1ccc(-c2n[nH]c(Cc3ccccn3)n2)cc1)c1cccc(CN2CCS(=O)(=O)CC2)c1. The van der Waals surface area contributed by atoms with Crippen molar-refractivity contribution in [3.05, 3.63) is 95.6 Å². The molecule has 2 N–H and O–H groups in total. The highest BCUT2D eigenvalue weighted by Crippen LogP contribution is 2.20. The largest absolute Gasteiger partial charge is 0.322 e. The third kappa shape index (κ3) is 6.02. The number of hydrogen-bond acceptors (Lipinski definition) is 7. The van der Waals surface area contributed by atoms with Gasteiger partial charge < -0.3 is 5.32 Å². The Balaban J connectivity index is 1.19. The van der Waals surface area contributed by atoms with Gasteiger partial charge in [0.25, 0.3) is 5.91 Å². The molecule has 0 saturated carbocycles. The second-order valence-electron chi connectivity index (χ2n) is 8.76. The van der Waals surface area contributed by atoms with E-state index in [9.17, 15) is 13.2 Å². The summed E-state index contributed by atoms with van der Waals surface area (Å²) in [7, 11) is -2.91. The molecule has 1 aliphatic rings. The van der Waals surface area contributed by atoms with Crippen molar-refractivity contribution in [2.75, 3.05) is 29.9 Å². The van der Waals surface area contributed by atoms with E-state index in [0.717, 1.165) is 22.6 Å². The summed E-state index contributed by atoms with van der Waals surface area (Å²) in [5, 5.41) is 10.2. The lowest BCUT2D eigenvalue weighted by molar-refractivity contribution is 0.102. The van der Waals surface area contributed by atoms with Crippen LogP contribution in [0.4, 0.5) is 5.69 Å². The second kappa shape index (κ2) is 10.4. The Hall–Kier alpha value is -3.89. The summed E-state index contributed by atoms with van der Waals surface area (Å²) in [6.07, 6.45) is 2.32. The van der Waals surface area contributed by atoms with E-state index in [1.54, 1.807) is 12.3 Å². The molecule has 0 bridgehead atoms. The van der Waals surface area contributed by atoms with Crippen molar-refractivity contribution < 1.29 is 13.2 Å². The first-order valence-corrected chi connectivity index (χ1v) is 13.5. The molecule has 36 heavy (non-hydrogen) atoms. The molecule has 0 atom stereocenters. The van der Waals surface area contributed by atoms with Gasteiger partial charge in [-0.2, -0.15) is 5.10 Å². The average molecular weight is 503 g/mol. The fourth-order valence-corrected chi connectivity index (χ4v) is 5.34. The zero-order valence-corrected chi connectivity index (χ0v) is 20.4. The molecule has 4 aromatic rings. The third-order valence-electron chi connectivity index (χ3n) is 6.04. The van der Waals surface area contributed by atoms with E-state index < -0.39 is 9.84 Å². The van der Waals surface area contributed by atoms with Crippen LogP contribution in [0.5, 0.6) is 0 Å². The molecule has 5 rings (SSSR count). The van der Waals surface area contributed by atoms with Crippen molar-refractivity contribution in [2.45, 2.75) is 13.0 Å². The Morgan fingerprint density at radius 1 is 1.00 bits per heavy atom. The molecule has 10 heteroatoms. The fraction of sp³-hybridized carbons (Fsp3) is 0.231. The molecule has 3 heterocycles. The van der Waals surface area contributed by atoms with Crippen molar-refractivity contribution >= 4 is 21.4 Å². The maximum atomic E-state index is 12.8. The van der Waals surface area contributed by atoms with Gasteiger partial charge in [-0.3, -0.25) is 19.8 Å². The monoisotopic (exact) mass is 502 g/mol. The van der Waals surface area contributed by atoms with E-state index in [0.29, 0.717) is 43.1 Å². The van der Waals surface area contributed by atoms with Gasteiger partial charge in [0.15, 0.2) is 15.7 Å². The normalized spacial score (nSPS) is 15.4. The Morgan fingerprint density at radius 3 is 2.56 bits per heavy atom. The fourth-order valence-electron chi connectivity index (χ4n) is 4.06. The number of amides is 1. The van der Waals surface area contributed by atoms with Crippen LogP contribution in [0.3, 0.4) is 0 Å². The standard InChI is InChI=1S/C26H26N6O3S/c33-26(21-5-3-4-19(16-21)18-32-12-14-36(34,35)15-13-32)28-22-9-7-20(8-10-22)25-29-24(30-31-25)17-23-6-1-2-11-27-23/h1-11,16H,12-15,17-18H2,(H,28,33)(H,29,30,31). The number of sulfone groups is 1. The molecule has 2 aromatic heterocycles. The lowest BCUT2D eigenvalue weighted by Crippen LogP contribution is -2.39. The van der Waals surface area contributed by atoms with Crippen LogP contribution in [0.1, 0.15) is 27.4 Å². The smallest absolute Gasteiger partial charge is 0.255 e. The number of H-pyrrole nitrogens is 1. The van der Waals surface area contributed by atoms with Gasteiger partial charge in [0.1, 0.15) is 5.82 Å². The summed E-state index contributed by atoms with van der Waals surface area (Å²) in [4.78, 5) is 23.8. The number of nitrogens with one attached hydrogen (secondary N) is 2. The van der Waals surface area contributed by atoms with E-state index in [4.69, 9.17) is 0 Å². The lowest BCUT2D eigenvalue weighted by atomic mass is 10.1. The third-order valence-corrected chi connectivity index (χ3v) is 7.65. The van der Waals surface area contributed by atoms with Crippen LogP contribution in [0.15, 0.2) is 72.9 Å². The molecule has 0 unspecified atom stereocenters. The van der Waals surface area contributed by atoms with Gasteiger partial charge in [0.05, 0.1) is 11.5 Å². The molecular formula is C26H26N6O3S. The molecular weight excluding hydrogens is 476 g/mol. The molecule has 0 spiro atoms. The predicted octanol–water partition coefficient (Wildman–Crippen LogP) is 2.94. The Morgan fingerprint density at radius 2 is 1.81 bits per heavy atom. The van der Waals surface area contributed by atoms with Gasteiger partial charge in [0, 0.05) is 54.8 Å². The number of benzene rings is 2. The minimum absolute atomic E-state index is 0.183. The summed E-state index contributed by atoms with van der Waals surface area (Å²) in [6.45, 7) is 1.64. The zero-order valence-electron chi connectivity index (χ0n) is 19.6. The number of anilines is 1. The molecule has 0 radical (unpaired) electrons. The minimum Gasteiger partial charge on any atom is -0.322 e. The van der Waals surface area contributed by atoms with Crippen molar-refractivity contribution in [1.82, 2.24) is 25.1 Å². The molecule has 184 valence electrons. The number of carbonyl (C=O) groups is 1. The van der Waals surface area contributed by atoms with Gasteiger partial charge in [-0.15, -0.1) is 0 Å². The van der Waals surface area contributed by atoms with E-state index in [2.05, 4.69) is 30.4 Å². The number of hydrogen-bond donors (Lipinski definition) is 2. The van der Waals surface area contributed by atoms with Crippen LogP contribution in [0.25, 0.3) is 11.4 Å². The molecule has 1 fully saturated rings. The van der Waals surface area contributed by atoms with Crippen molar-refractivity contribution in [3.8, 4) is 11.4 Å². The summed E-state index contributed by atoms with van der Waals surface area (Å²) >= 11 is 0. The highest BCUT2D eigenvalue weighted by molar-refractivity contribution is 7.91. The topological polar surface area (TPSA) is 121 Å². The molecule has 0 aliphatic carbocycles. The number of carbonyl (C=O) groups excluding carboxylic acids is 1. The Kier molecular flexibility index (Phi) is 6.88. The van der Waals surface area contributed by atoms with Crippen molar-refractivity contribution in [1.29, 1.82) is 0 Å². The number of rotatable bonds is 7. The Bertz CT molecular complexity index is 1440. The van der Waals surface area contributed by atoms with Crippen LogP contribution in [-0.2, 0) is 22.8 Å². The predicted molar refractivity (Wildman–Crippen MR) is 137 cm³/mol. The van der Waals surface area contributed by atoms with Crippen LogP contribution in [0.2, 0.25) is 0 Å². The number of nitrogens with zero attached hydrogens (tertiary/aromatic N) is 4. The van der Waals surface area contributed by atoms with Crippen molar-refractivity contribution in [3.63, 3.8) is 0 Å². The molecule has 1 saturated heterocycles. The maximum absolute atomic E-state index is 12.8. The molecule has 9 nitrogen and oxygen atoms in total. The lowest BCUT2D eigenvalue weighted by Gasteiger charge is -2.26. The van der Waals surface area contributed by atoms with Crippen LogP contribution >= 0.6 is 0 Å². The van der Waals surface area contributed by atoms with E-state index in [-0.39, 0.29) is 17.4 Å². The highest BCUT2D eigenvalue weighted by Gasteiger charge is 2.21. The molecule has 2 aromatic carbocycles. The Labute approximate surface area is 209 Å². The first-order valence-electron chi connectivity index (χ1n) is 11.7. The van der Waals surface area contributed by atoms with Gasteiger partial charge in [-0.25, -0.2) is 13.4 Å². The van der Waals surface area contributed by atoms with E-state index >= 15 is 0 Å². The van der Waals surface area contributed by atoms with E-state index in [1.165, 1.54) is 0 Å². The highest BCUT2D eigenvalue weighted by atomic mass is 32.2. The molecule has 1 aliphatic heterocycles.